The molecule has 1 aliphatic heterocycles. The molecule has 1 amide bonds. The summed E-state index contributed by atoms with van der Waals surface area (Å²) in [6, 6.07) is 7.92. The minimum atomic E-state index is -0.330. The first kappa shape index (κ1) is 13.0. The smallest absolute Gasteiger partial charge is 0.413 e. The van der Waals surface area contributed by atoms with E-state index in [1.165, 1.54) is 7.11 Å². The van der Waals surface area contributed by atoms with Crippen LogP contribution in [0.15, 0.2) is 30.5 Å². The van der Waals surface area contributed by atoms with Gasteiger partial charge in [0.15, 0.2) is 0 Å². The Hall–Kier alpha value is -2.41. The number of amides is 1. The highest BCUT2D eigenvalue weighted by atomic mass is 16.5. The number of hydrogen-bond acceptors (Lipinski definition) is 3. The van der Waals surface area contributed by atoms with Crippen LogP contribution in [0.3, 0.4) is 0 Å². The summed E-state index contributed by atoms with van der Waals surface area (Å²) in [5.41, 5.74) is 3.16. The van der Waals surface area contributed by atoms with E-state index in [2.05, 4.69) is 11.2 Å². The molecule has 0 radical (unpaired) electrons. The standard InChI is InChI=1S/C15H16N2O2/c1-3-9-16-14-7-5-4-6-13(14)12-8-10-17(11-12)15(18)19-2/h1,4-7,11,16H,8-10H2,2H3. The molecule has 1 aromatic carbocycles. The van der Waals surface area contributed by atoms with E-state index in [9.17, 15) is 4.79 Å². The molecule has 0 spiro atoms. The maximum atomic E-state index is 11.5. The molecule has 0 aliphatic carbocycles. The van der Waals surface area contributed by atoms with Crippen LogP contribution in [0.4, 0.5) is 10.5 Å². The average molecular weight is 256 g/mol. The zero-order valence-electron chi connectivity index (χ0n) is 10.8. The Labute approximate surface area is 113 Å². The van der Waals surface area contributed by atoms with Crippen LogP contribution in [-0.4, -0.2) is 31.2 Å². The summed E-state index contributed by atoms with van der Waals surface area (Å²) >= 11 is 0. The number of ether oxygens (including phenoxy) is 1. The zero-order chi connectivity index (χ0) is 13.7. The second-order valence-corrected chi connectivity index (χ2v) is 4.17. The van der Waals surface area contributed by atoms with E-state index in [-0.39, 0.29) is 6.09 Å². The highest BCUT2D eigenvalue weighted by Crippen LogP contribution is 2.30. The zero-order valence-corrected chi connectivity index (χ0v) is 10.8. The SMILES string of the molecule is C#CCNc1ccccc1C1=CN(C(=O)OC)CC1. The molecule has 0 bridgehead atoms. The van der Waals surface area contributed by atoms with Crippen LogP contribution in [0.5, 0.6) is 0 Å². The molecule has 0 fully saturated rings. The van der Waals surface area contributed by atoms with Crippen LogP contribution in [0.1, 0.15) is 12.0 Å². The van der Waals surface area contributed by atoms with E-state index in [0.717, 1.165) is 23.2 Å². The lowest BCUT2D eigenvalue weighted by molar-refractivity contribution is 0.143. The fraction of sp³-hybridized carbons (Fsp3) is 0.267. The van der Waals surface area contributed by atoms with Crippen molar-refractivity contribution in [2.75, 3.05) is 25.5 Å². The van der Waals surface area contributed by atoms with Gasteiger partial charge in [0.25, 0.3) is 0 Å². The van der Waals surface area contributed by atoms with Crippen LogP contribution < -0.4 is 5.32 Å². The van der Waals surface area contributed by atoms with Crippen molar-refractivity contribution in [3.63, 3.8) is 0 Å². The Bertz CT molecular complexity index is 543. The number of methoxy groups -OCH3 is 1. The molecule has 0 saturated heterocycles. The Balaban J connectivity index is 2.23. The monoisotopic (exact) mass is 256 g/mol. The van der Waals surface area contributed by atoms with Crippen LogP contribution >= 0.6 is 0 Å². The molecule has 0 saturated carbocycles. The maximum Gasteiger partial charge on any atom is 0.413 e. The highest BCUT2D eigenvalue weighted by molar-refractivity contribution is 5.81. The molecule has 1 heterocycles. The minimum Gasteiger partial charge on any atom is -0.452 e. The predicted octanol–water partition coefficient (Wildman–Crippen LogP) is 2.54. The average Bonchev–Trinajstić information content (AvgIpc) is 2.94. The Kier molecular flexibility index (Phi) is 4.09. The van der Waals surface area contributed by atoms with Gasteiger partial charge in [-0.3, -0.25) is 4.90 Å². The van der Waals surface area contributed by atoms with Gasteiger partial charge in [-0.05, 0) is 18.1 Å². The van der Waals surface area contributed by atoms with Gasteiger partial charge in [-0.1, -0.05) is 24.1 Å². The predicted molar refractivity (Wildman–Crippen MR) is 75.5 cm³/mol. The van der Waals surface area contributed by atoms with Crippen molar-refractivity contribution in [2.45, 2.75) is 6.42 Å². The molecule has 1 N–H and O–H groups in total. The van der Waals surface area contributed by atoms with Crippen LogP contribution in [0.25, 0.3) is 5.57 Å². The van der Waals surface area contributed by atoms with Gasteiger partial charge in [0, 0.05) is 24.0 Å². The molecule has 0 aromatic heterocycles. The van der Waals surface area contributed by atoms with Gasteiger partial charge >= 0.3 is 6.09 Å². The lowest BCUT2D eigenvalue weighted by Gasteiger charge is -2.10. The summed E-state index contributed by atoms with van der Waals surface area (Å²) in [5, 5.41) is 3.19. The summed E-state index contributed by atoms with van der Waals surface area (Å²) in [6.45, 7) is 1.12. The molecule has 19 heavy (non-hydrogen) atoms. The molecule has 2 rings (SSSR count). The Morgan fingerprint density at radius 2 is 2.32 bits per heavy atom. The fourth-order valence-electron chi connectivity index (χ4n) is 2.09. The normalized spacial score (nSPS) is 13.7. The largest absolute Gasteiger partial charge is 0.452 e. The lowest BCUT2D eigenvalue weighted by Crippen LogP contribution is -2.22. The second-order valence-electron chi connectivity index (χ2n) is 4.17. The molecule has 0 atom stereocenters. The van der Waals surface area contributed by atoms with Gasteiger partial charge in [0.2, 0.25) is 0 Å². The summed E-state index contributed by atoms with van der Waals surface area (Å²) < 4.78 is 4.71. The molecular weight excluding hydrogens is 240 g/mol. The third-order valence-corrected chi connectivity index (χ3v) is 3.00. The summed E-state index contributed by atoms with van der Waals surface area (Å²) in [5.74, 6) is 2.56. The molecule has 98 valence electrons. The Morgan fingerprint density at radius 1 is 1.53 bits per heavy atom. The minimum absolute atomic E-state index is 0.330. The number of terminal acetylenes is 1. The van der Waals surface area contributed by atoms with E-state index in [1.807, 2.05) is 30.5 Å². The third kappa shape index (κ3) is 2.89. The van der Waals surface area contributed by atoms with Gasteiger partial charge in [-0.15, -0.1) is 6.42 Å². The van der Waals surface area contributed by atoms with Gasteiger partial charge in [-0.25, -0.2) is 4.79 Å². The molecule has 1 aliphatic rings. The molecular formula is C15H16N2O2. The number of nitrogens with zero attached hydrogens (tertiary/aromatic N) is 1. The summed E-state index contributed by atoms with van der Waals surface area (Å²) in [7, 11) is 1.39. The number of para-hydroxylation sites is 1. The van der Waals surface area contributed by atoms with E-state index < -0.39 is 0 Å². The summed E-state index contributed by atoms with van der Waals surface area (Å²) in [6.07, 6.45) is 7.58. The molecule has 1 aromatic rings. The first-order valence-electron chi connectivity index (χ1n) is 6.08. The topological polar surface area (TPSA) is 41.6 Å². The lowest BCUT2D eigenvalue weighted by atomic mass is 10.0. The van der Waals surface area contributed by atoms with Crippen molar-refractivity contribution in [3.8, 4) is 12.3 Å². The van der Waals surface area contributed by atoms with Crippen LogP contribution in [-0.2, 0) is 4.74 Å². The van der Waals surface area contributed by atoms with Crippen molar-refractivity contribution in [1.82, 2.24) is 4.90 Å². The number of benzene rings is 1. The number of nitrogens with one attached hydrogen (secondary N) is 1. The third-order valence-electron chi connectivity index (χ3n) is 3.00. The number of hydrogen-bond donors (Lipinski definition) is 1. The second kappa shape index (κ2) is 5.96. The van der Waals surface area contributed by atoms with Crippen molar-refractivity contribution < 1.29 is 9.53 Å². The maximum absolute atomic E-state index is 11.5. The van der Waals surface area contributed by atoms with Gasteiger partial charge in [0.1, 0.15) is 0 Å². The summed E-state index contributed by atoms with van der Waals surface area (Å²) in [4.78, 5) is 13.0. The Morgan fingerprint density at radius 3 is 3.05 bits per heavy atom. The van der Waals surface area contributed by atoms with Crippen molar-refractivity contribution >= 4 is 17.4 Å². The fourth-order valence-corrected chi connectivity index (χ4v) is 2.09. The van der Waals surface area contributed by atoms with E-state index in [1.54, 1.807) is 4.90 Å². The number of anilines is 1. The van der Waals surface area contributed by atoms with E-state index in [0.29, 0.717) is 13.1 Å². The van der Waals surface area contributed by atoms with Gasteiger partial charge in [-0.2, -0.15) is 0 Å². The highest BCUT2D eigenvalue weighted by Gasteiger charge is 2.21. The van der Waals surface area contributed by atoms with Crippen LogP contribution in [0.2, 0.25) is 0 Å². The number of carbonyl (C=O) groups excluding carboxylic acids is 1. The van der Waals surface area contributed by atoms with E-state index in [4.69, 9.17) is 11.2 Å². The van der Waals surface area contributed by atoms with Crippen LogP contribution in [0, 0.1) is 12.3 Å². The van der Waals surface area contributed by atoms with E-state index >= 15 is 0 Å². The molecule has 4 heteroatoms. The number of rotatable bonds is 3. The first-order valence-corrected chi connectivity index (χ1v) is 6.08. The van der Waals surface area contributed by atoms with Crippen molar-refractivity contribution in [2.24, 2.45) is 0 Å². The van der Waals surface area contributed by atoms with Crippen molar-refractivity contribution in [1.29, 1.82) is 0 Å². The molecule has 0 unspecified atom stereocenters. The van der Waals surface area contributed by atoms with Gasteiger partial charge < -0.3 is 10.1 Å². The van der Waals surface area contributed by atoms with Gasteiger partial charge in [0.05, 0.1) is 13.7 Å². The molecule has 4 nitrogen and oxygen atoms in total. The quantitative estimate of drug-likeness (QED) is 0.845. The van der Waals surface area contributed by atoms with Crippen molar-refractivity contribution in [3.05, 3.63) is 36.0 Å². The first-order chi connectivity index (χ1) is 9.26. The number of carbonyl (C=O) groups is 1.